The number of rotatable bonds is 11. The Bertz CT molecular complexity index is 250. The van der Waals surface area contributed by atoms with Crippen LogP contribution in [0.2, 0.25) is 0 Å². The molecule has 0 aromatic carbocycles. The molecule has 118 valence electrons. The summed E-state index contributed by atoms with van der Waals surface area (Å²) in [7, 11) is 0. The smallest absolute Gasteiger partial charge is 0.222 e. The van der Waals surface area contributed by atoms with Crippen molar-refractivity contribution in [2.75, 3.05) is 0 Å². The molecule has 0 aliphatic carbocycles. The number of halogens is 2. The zero-order valence-corrected chi connectivity index (χ0v) is 12.4. The Morgan fingerprint density at radius 1 is 0.650 bits per heavy atom. The number of hydrazine groups is 4. The highest BCUT2D eigenvalue weighted by Crippen LogP contribution is 2.03. The fourth-order valence-electron chi connectivity index (χ4n) is 1.20. The van der Waals surface area contributed by atoms with Crippen LogP contribution in [0.5, 0.6) is 0 Å². The number of hydrogen-bond acceptors (Lipinski definition) is 6. The van der Waals surface area contributed by atoms with Crippen LogP contribution in [0.3, 0.4) is 0 Å². The highest BCUT2D eigenvalue weighted by molar-refractivity contribution is 5.85. The SMILES string of the molecule is CC([C@H](C)N(NC=O)NC=O)N(NC=O)NC=O.Cl.Cl. The van der Waals surface area contributed by atoms with Crippen LogP contribution in [0.4, 0.5) is 0 Å². The normalized spacial score (nSPS) is 12.0. The molecule has 12 heteroatoms. The summed E-state index contributed by atoms with van der Waals surface area (Å²) in [6.45, 7) is 3.31. The first-order valence-electron chi connectivity index (χ1n) is 5.00. The predicted molar refractivity (Wildman–Crippen MR) is 73.9 cm³/mol. The van der Waals surface area contributed by atoms with Crippen LogP contribution < -0.4 is 21.7 Å². The van der Waals surface area contributed by atoms with Gasteiger partial charge in [0.15, 0.2) is 0 Å². The molecule has 0 bridgehead atoms. The Kier molecular flexibility index (Phi) is 16.2. The summed E-state index contributed by atoms with van der Waals surface area (Å²) in [6.07, 6.45) is 1.52. The van der Waals surface area contributed by atoms with Gasteiger partial charge in [0, 0.05) is 0 Å². The molecule has 0 saturated heterocycles. The summed E-state index contributed by atoms with van der Waals surface area (Å²) >= 11 is 0. The van der Waals surface area contributed by atoms with Crippen molar-refractivity contribution in [3.63, 3.8) is 0 Å². The van der Waals surface area contributed by atoms with Crippen LogP contribution in [0, 0.1) is 0 Å². The van der Waals surface area contributed by atoms with Crippen LogP contribution >= 0.6 is 24.8 Å². The standard InChI is InChI=1S/C8H16N6O4.2ClH/c1-7(13(9-3-15)10-4-16)8(2)14(11-5-17)12-6-18;;/h3-8H,1-2H3,(H,9,15)(H,10,16)(H,11,17)(H,12,18);2*1H/t7-,8?;;/m0../s1. The van der Waals surface area contributed by atoms with E-state index in [4.69, 9.17) is 0 Å². The molecule has 1 unspecified atom stereocenters. The van der Waals surface area contributed by atoms with Gasteiger partial charge in [0.2, 0.25) is 25.6 Å². The minimum Gasteiger partial charge on any atom is -0.277 e. The maximum Gasteiger partial charge on any atom is 0.222 e. The molecule has 4 amide bonds. The van der Waals surface area contributed by atoms with Gasteiger partial charge in [-0.1, -0.05) is 0 Å². The fourth-order valence-corrected chi connectivity index (χ4v) is 1.20. The Morgan fingerprint density at radius 2 is 0.850 bits per heavy atom. The van der Waals surface area contributed by atoms with Gasteiger partial charge in [-0.15, -0.1) is 35.0 Å². The Labute approximate surface area is 128 Å². The van der Waals surface area contributed by atoms with Gasteiger partial charge in [0.25, 0.3) is 0 Å². The number of carbonyl (C=O) groups is 4. The second kappa shape index (κ2) is 13.8. The lowest BCUT2D eigenvalue weighted by Crippen LogP contribution is -2.63. The van der Waals surface area contributed by atoms with Crippen LogP contribution in [0.25, 0.3) is 0 Å². The predicted octanol–water partition coefficient (Wildman–Crippen LogP) is -2.14. The lowest BCUT2D eigenvalue weighted by atomic mass is 10.2. The average Bonchev–Trinajstić information content (AvgIpc) is 2.36. The molecule has 2 atom stereocenters. The summed E-state index contributed by atoms with van der Waals surface area (Å²) in [4.78, 5) is 41.5. The topological polar surface area (TPSA) is 123 Å². The molecule has 0 aliphatic heterocycles. The molecule has 0 saturated carbocycles. The van der Waals surface area contributed by atoms with Crippen LogP contribution in [-0.2, 0) is 19.2 Å². The van der Waals surface area contributed by atoms with Crippen molar-refractivity contribution in [1.82, 2.24) is 31.9 Å². The molecule has 0 rings (SSSR count). The zero-order chi connectivity index (χ0) is 14.0. The van der Waals surface area contributed by atoms with E-state index in [1.165, 1.54) is 0 Å². The highest BCUT2D eigenvalue weighted by atomic mass is 35.5. The van der Waals surface area contributed by atoms with Crippen molar-refractivity contribution in [3.05, 3.63) is 0 Å². The first kappa shape index (κ1) is 23.5. The van der Waals surface area contributed by atoms with Crippen molar-refractivity contribution in [3.8, 4) is 0 Å². The van der Waals surface area contributed by atoms with E-state index < -0.39 is 12.1 Å². The number of nitrogens with one attached hydrogen (secondary N) is 4. The van der Waals surface area contributed by atoms with E-state index in [0.717, 1.165) is 10.2 Å². The van der Waals surface area contributed by atoms with Gasteiger partial charge in [0.1, 0.15) is 0 Å². The summed E-state index contributed by atoms with van der Waals surface area (Å²) in [5, 5.41) is 2.24. The van der Waals surface area contributed by atoms with Crippen LogP contribution in [0.15, 0.2) is 0 Å². The van der Waals surface area contributed by atoms with Gasteiger partial charge >= 0.3 is 0 Å². The molecule has 4 N–H and O–H groups in total. The maximum absolute atomic E-state index is 10.4. The van der Waals surface area contributed by atoms with Gasteiger partial charge < -0.3 is 0 Å². The third-order valence-corrected chi connectivity index (χ3v) is 2.28. The van der Waals surface area contributed by atoms with Crippen molar-refractivity contribution in [2.45, 2.75) is 25.9 Å². The third kappa shape index (κ3) is 7.74. The minimum absolute atomic E-state index is 0. The molecule has 10 nitrogen and oxygen atoms in total. The largest absolute Gasteiger partial charge is 0.277 e. The second-order valence-electron chi connectivity index (χ2n) is 3.21. The van der Waals surface area contributed by atoms with Gasteiger partial charge in [-0.25, -0.2) is 0 Å². The lowest BCUT2D eigenvalue weighted by Gasteiger charge is -2.35. The van der Waals surface area contributed by atoms with Crippen LogP contribution in [-0.4, -0.2) is 48.0 Å². The Hall–Kier alpha value is -1.62. The van der Waals surface area contributed by atoms with E-state index in [2.05, 4.69) is 21.7 Å². The van der Waals surface area contributed by atoms with E-state index in [-0.39, 0.29) is 24.8 Å². The van der Waals surface area contributed by atoms with Crippen molar-refractivity contribution >= 4 is 50.5 Å². The van der Waals surface area contributed by atoms with Crippen LogP contribution in [0.1, 0.15) is 13.8 Å². The molecule has 0 fully saturated rings. The zero-order valence-electron chi connectivity index (χ0n) is 10.8. The van der Waals surface area contributed by atoms with Gasteiger partial charge in [0.05, 0.1) is 12.1 Å². The maximum atomic E-state index is 10.4. The molecule has 0 spiro atoms. The van der Waals surface area contributed by atoms with Crippen molar-refractivity contribution < 1.29 is 19.2 Å². The number of carbonyl (C=O) groups excluding carboxylic acids is 4. The third-order valence-electron chi connectivity index (χ3n) is 2.28. The Morgan fingerprint density at radius 3 is 1.00 bits per heavy atom. The first-order chi connectivity index (χ1) is 8.62. The van der Waals surface area contributed by atoms with E-state index >= 15 is 0 Å². The molecule has 20 heavy (non-hydrogen) atoms. The molecular weight excluding hydrogens is 315 g/mol. The number of hydrogen-bond donors (Lipinski definition) is 4. The molecule has 0 aromatic rings. The van der Waals surface area contributed by atoms with Gasteiger partial charge in [-0.05, 0) is 13.8 Å². The van der Waals surface area contributed by atoms with Crippen molar-refractivity contribution in [2.24, 2.45) is 0 Å². The summed E-state index contributed by atoms with van der Waals surface area (Å²) in [5.41, 5.74) is 9.02. The summed E-state index contributed by atoms with van der Waals surface area (Å²) in [6, 6.07) is -0.916. The molecular formula is C8H18Cl2N6O4. The first-order valence-corrected chi connectivity index (χ1v) is 5.00. The quantitative estimate of drug-likeness (QED) is 0.253. The number of nitrogens with zero attached hydrogens (tertiary/aromatic N) is 2. The molecule has 0 aromatic heterocycles. The van der Waals surface area contributed by atoms with E-state index in [0.29, 0.717) is 25.6 Å². The second-order valence-corrected chi connectivity index (χ2v) is 3.21. The minimum atomic E-state index is -0.458. The summed E-state index contributed by atoms with van der Waals surface area (Å²) in [5.74, 6) is 0. The van der Waals surface area contributed by atoms with E-state index in [1.807, 2.05) is 0 Å². The number of amides is 4. The Balaban J connectivity index is -0.00000144. The average molecular weight is 333 g/mol. The van der Waals surface area contributed by atoms with Crippen molar-refractivity contribution in [1.29, 1.82) is 0 Å². The summed E-state index contributed by atoms with van der Waals surface area (Å²) < 4.78 is 0. The molecule has 0 radical (unpaired) electrons. The van der Waals surface area contributed by atoms with E-state index in [9.17, 15) is 19.2 Å². The highest BCUT2D eigenvalue weighted by Gasteiger charge is 2.25. The van der Waals surface area contributed by atoms with E-state index in [1.54, 1.807) is 13.8 Å². The van der Waals surface area contributed by atoms with Gasteiger partial charge in [-0.2, -0.15) is 0 Å². The molecule has 0 aliphatic rings. The van der Waals surface area contributed by atoms with Gasteiger partial charge in [-0.3, -0.25) is 40.9 Å². The fraction of sp³-hybridized carbons (Fsp3) is 0.500. The lowest BCUT2D eigenvalue weighted by molar-refractivity contribution is -0.131. The monoisotopic (exact) mass is 332 g/mol. The molecule has 0 heterocycles.